The largest absolute Gasteiger partial charge is 0.507 e. The van der Waals surface area contributed by atoms with E-state index >= 15 is 0 Å². The number of hydrogen-bond acceptors (Lipinski definition) is 6. The topological polar surface area (TPSA) is 102 Å². The Kier molecular flexibility index (Phi) is 16.8. The number of nitrogens with zero attached hydrogens (tertiary/aromatic N) is 6. The number of aromatic nitrogens is 6. The zero-order valence-corrected chi connectivity index (χ0v) is 57.2. The molecule has 8 nitrogen and oxygen atoms in total. The van der Waals surface area contributed by atoms with E-state index in [1.54, 1.807) is 12.1 Å². The van der Waals surface area contributed by atoms with Gasteiger partial charge in [0.1, 0.15) is 23.1 Å². The quantitative estimate of drug-likeness (QED) is 0.147. The van der Waals surface area contributed by atoms with Crippen molar-refractivity contribution in [3.8, 4) is 90.4 Å². The summed E-state index contributed by atoms with van der Waals surface area (Å²) in [4.78, 5) is 19.7. The molecule has 0 saturated carbocycles. The summed E-state index contributed by atoms with van der Waals surface area (Å²) in [5, 5.41) is 26.4. The summed E-state index contributed by atoms with van der Waals surface area (Å²) in [6.07, 6.45) is 3.65. The summed E-state index contributed by atoms with van der Waals surface area (Å²) in [7, 11) is 0. The molecule has 0 aliphatic rings. The normalized spacial score (nSPS) is 12.1. The molecular weight excluding hydrogens is 1320 g/mol. The van der Waals surface area contributed by atoms with Crippen LogP contribution in [0.3, 0.4) is 0 Å². The van der Waals surface area contributed by atoms with Crippen molar-refractivity contribution in [2.75, 3.05) is 0 Å². The Labute approximate surface area is 560 Å². The van der Waals surface area contributed by atoms with Gasteiger partial charge in [-0.2, -0.15) is 0 Å². The molecule has 0 amide bonds. The van der Waals surface area contributed by atoms with Crippen LogP contribution in [0.4, 0.5) is 0 Å². The van der Waals surface area contributed by atoms with E-state index in [2.05, 4.69) is 238 Å². The van der Waals surface area contributed by atoms with Gasteiger partial charge in [-0.05, 0) is 168 Å². The van der Waals surface area contributed by atoms with Crippen LogP contribution >= 0.6 is 0 Å². The van der Waals surface area contributed by atoms with E-state index in [0.29, 0.717) is 16.8 Å². The van der Waals surface area contributed by atoms with Crippen LogP contribution in [-0.2, 0) is 42.7 Å². The molecule has 6 heterocycles. The van der Waals surface area contributed by atoms with E-state index in [-0.39, 0.29) is 54.2 Å². The number of hydrogen-bond donors (Lipinski definition) is 2. The Morgan fingerprint density at radius 3 is 1.19 bits per heavy atom. The third-order valence-corrected chi connectivity index (χ3v) is 17.6. The summed E-state index contributed by atoms with van der Waals surface area (Å²) >= 11 is 0. The Morgan fingerprint density at radius 1 is 0.323 bits per heavy atom. The number of benzene rings is 8. The van der Waals surface area contributed by atoms with Gasteiger partial charge in [-0.3, -0.25) is 9.55 Å². The first-order valence-electron chi connectivity index (χ1n) is 31.7. The van der Waals surface area contributed by atoms with Gasteiger partial charge < -0.3 is 14.8 Å². The first kappa shape index (κ1) is 63.4. The average Bonchev–Trinajstić information content (AvgIpc) is 1.64. The fourth-order valence-corrected chi connectivity index (χ4v) is 12.3. The fourth-order valence-electron chi connectivity index (χ4n) is 12.3. The van der Waals surface area contributed by atoms with Gasteiger partial charge in [0.25, 0.3) is 0 Å². The van der Waals surface area contributed by atoms with Crippen LogP contribution in [0.15, 0.2) is 237 Å². The zero-order valence-electron chi connectivity index (χ0n) is 54.9. The van der Waals surface area contributed by atoms with Gasteiger partial charge in [0.2, 0.25) is 0 Å². The predicted molar refractivity (Wildman–Crippen MR) is 382 cm³/mol. The molecule has 0 radical (unpaired) electrons. The van der Waals surface area contributed by atoms with Gasteiger partial charge in [0, 0.05) is 66.4 Å². The molecule has 9 heteroatoms. The molecule has 14 rings (SSSR count). The van der Waals surface area contributed by atoms with Crippen LogP contribution in [0.2, 0.25) is 0 Å². The van der Waals surface area contributed by atoms with Crippen molar-refractivity contribution in [2.24, 2.45) is 0 Å². The molecular formula is C84H77N6O2Pt-. The van der Waals surface area contributed by atoms with E-state index in [0.717, 1.165) is 100 Å². The zero-order chi connectivity index (χ0) is 64.4. The Morgan fingerprint density at radius 2 is 0.710 bits per heavy atom. The van der Waals surface area contributed by atoms with Crippen LogP contribution in [0.25, 0.3) is 123 Å². The van der Waals surface area contributed by atoms with E-state index in [1.165, 1.54) is 27.6 Å². The van der Waals surface area contributed by atoms with Crippen molar-refractivity contribution in [2.45, 2.75) is 105 Å². The molecule has 14 aromatic rings. The van der Waals surface area contributed by atoms with Crippen LogP contribution in [0.1, 0.15) is 105 Å². The molecule has 0 aliphatic heterocycles. The second-order valence-corrected chi connectivity index (χ2v) is 28.3. The van der Waals surface area contributed by atoms with E-state index < -0.39 is 0 Å². The number of para-hydroxylation sites is 4. The Bertz CT molecular complexity index is 4730. The minimum absolute atomic E-state index is 0. The van der Waals surface area contributed by atoms with Gasteiger partial charge in [-0.1, -0.05) is 216 Å². The molecule has 0 atom stereocenters. The average molecular weight is 1400 g/mol. The Hall–Kier alpha value is -9.75. The minimum atomic E-state index is -0.0237. The third-order valence-electron chi connectivity index (χ3n) is 17.6. The number of fused-ring (bicyclic) bond motifs is 6. The summed E-state index contributed by atoms with van der Waals surface area (Å²) in [6.45, 7) is 27.1. The SMILES string of the molecule is CC(C)(C)c1cc(-c2cc(-c3[c-]c4c(cc3)c3ccccc3n4-c3ccccn3)nc(-c3ccccc3O)c2)cc(C(C)(C)C)c1.CC(C)(C)c1cc(-c2cc(-c3ccc4c5ccccc5n(-c5ccccn5)c4c3)nc(-c3ccccc3O)c2)cc(C(C)(C)C)c1.[Pt]. The summed E-state index contributed by atoms with van der Waals surface area (Å²) in [5.41, 5.74) is 20.0. The molecule has 466 valence electrons. The van der Waals surface area contributed by atoms with E-state index in [4.69, 9.17) is 19.9 Å². The van der Waals surface area contributed by atoms with Gasteiger partial charge in [-0.15, -0.1) is 23.8 Å². The molecule has 0 aliphatic carbocycles. The molecule has 0 saturated heterocycles. The number of aromatic hydroxyl groups is 2. The maximum atomic E-state index is 10.9. The van der Waals surface area contributed by atoms with Crippen LogP contribution in [-0.4, -0.2) is 39.3 Å². The van der Waals surface area contributed by atoms with Crippen molar-refractivity contribution in [3.63, 3.8) is 0 Å². The van der Waals surface area contributed by atoms with Crippen molar-refractivity contribution in [3.05, 3.63) is 265 Å². The third kappa shape index (κ3) is 12.7. The summed E-state index contributed by atoms with van der Waals surface area (Å²) in [6, 6.07) is 80.7. The van der Waals surface area contributed by atoms with E-state index in [9.17, 15) is 10.2 Å². The van der Waals surface area contributed by atoms with Gasteiger partial charge in [-0.25, -0.2) is 15.0 Å². The molecule has 2 N–H and O–H groups in total. The van der Waals surface area contributed by atoms with Crippen molar-refractivity contribution < 1.29 is 31.3 Å². The summed E-state index contributed by atoms with van der Waals surface area (Å²) in [5.74, 6) is 2.12. The molecule has 0 unspecified atom stereocenters. The maximum absolute atomic E-state index is 10.9. The van der Waals surface area contributed by atoms with E-state index in [1.807, 2.05) is 85.2 Å². The smallest absolute Gasteiger partial charge is 0.137 e. The number of phenols is 2. The standard InChI is InChI=1S/C42H39N3O.C42H38N3O.Pt/c2*1-41(2,3)30-21-28(22-31(26-30)42(4,5)6)29-23-35(44-36(24-29)34-14-8-10-16-39(34)46)27-18-19-33-32-13-7-9-15-37(32)45(38(33)25-27)40-17-11-12-20-43-40;/h7-26,46H,1-6H3;7-24,26,46H,1-6H3;/q;-1;. The Balaban J connectivity index is 0.000000177. The monoisotopic (exact) mass is 1400 g/mol. The molecule has 0 fully saturated rings. The van der Waals surface area contributed by atoms with Gasteiger partial charge in [0.05, 0.1) is 28.1 Å². The number of rotatable bonds is 8. The summed E-state index contributed by atoms with van der Waals surface area (Å²) < 4.78 is 4.40. The van der Waals surface area contributed by atoms with Crippen molar-refractivity contribution in [1.29, 1.82) is 0 Å². The second kappa shape index (κ2) is 24.7. The van der Waals surface area contributed by atoms with Gasteiger partial charge in [0.15, 0.2) is 0 Å². The molecule has 6 aromatic heterocycles. The molecule has 8 aromatic carbocycles. The minimum Gasteiger partial charge on any atom is -0.507 e. The fraction of sp³-hybridized carbons (Fsp3) is 0.190. The predicted octanol–water partition coefficient (Wildman–Crippen LogP) is 21.5. The second-order valence-electron chi connectivity index (χ2n) is 28.3. The first-order valence-corrected chi connectivity index (χ1v) is 31.7. The first-order chi connectivity index (χ1) is 43.9. The molecule has 0 spiro atoms. The molecule has 0 bridgehead atoms. The van der Waals surface area contributed by atoms with Crippen molar-refractivity contribution in [1.82, 2.24) is 29.1 Å². The van der Waals surface area contributed by atoms with Crippen LogP contribution < -0.4 is 0 Å². The molecule has 93 heavy (non-hydrogen) atoms. The van der Waals surface area contributed by atoms with Crippen LogP contribution in [0.5, 0.6) is 11.5 Å². The van der Waals surface area contributed by atoms with Crippen molar-refractivity contribution >= 4 is 43.6 Å². The van der Waals surface area contributed by atoms with Gasteiger partial charge >= 0.3 is 0 Å². The number of phenolic OH excluding ortho intramolecular Hbond substituents is 2. The van der Waals surface area contributed by atoms with Crippen LogP contribution in [0, 0.1) is 6.07 Å². The number of pyridine rings is 4. The maximum Gasteiger partial charge on any atom is 0.137 e.